The number of hydrogen-bond acceptors (Lipinski definition) is 7. The molecule has 32 heavy (non-hydrogen) atoms. The molecule has 0 unspecified atom stereocenters. The first-order valence-electron chi connectivity index (χ1n) is 10.5. The Morgan fingerprint density at radius 1 is 1.12 bits per heavy atom. The van der Waals surface area contributed by atoms with Gasteiger partial charge in [0.25, 0.3) is 11.5 Å². The molecule has 1 aromatic carbocycles. The van der Waals surface area contributed by atoms with Crippen LogP contribution in [0.5, 0.6) is 0 Å². The zero-order chi connectivity index (χ0) is 21.9. The number of anilines is 1. The molecule has 0 atom stereocenters. The van der Waals surface area contributed by atoms with Crippen molar-refractivity contribution in [1.82, 2.24) is 24.5 Å². The smallest absolute Gasteiger partial charge is 0.271 e. The normalized spacial score (nSPS) is 14.6. The van der Waals surface area contributed by atoms with Gasteiger partial charge in [-0.1, -0.05) is 30.3 Å². The van der Waals surface area contributed by atoms with E-state index in [1.165, 1.54) is 27.5 Å². The summed E-state index contributed by atoms with van der Waals surface area (Å²) in [4.78, 5) is 33.9. The SMILES string of the molecule is O=C(c1cnc2sc(Cc3ccccc3)cn2c1=O)N1CCC(Nc2cccnn2)CC1. The number of nitrogens with zero attached hydrogens (tertiary/aromatic N) is 5. The largest absolute Gasteiger partial charge is 0.366 e. The molecule has 1 aliphatic heterocycles. The van der Waals surface area contributed by atoms with Crippen LogP contribution >= 0.6 is 11.3 Å². The fraction of sp³-hybridized carbons (Fsp3) is 0.261. The van der Waals surface area contributed by atoms with Gasteiger partial charge in [0.2, 0.25) is 0 Å². The third-order valence-corrected chi connectivity index (χ3v) is 6.61. The third kappa shape index (κ3) is 4.24. The van der Waals surface area contributed by atoms with Gasteiger partial charge in [0, 0.05) is 49.0 Å². The number of carbonyl (C=O) groups is 1. The summed E-state index contributed by atoms with van der Waals surface area (Å²) in [5, 5.41) is 11.3. The van der Waals surface area contributed by atoms with Gasteiger partial charge in [0.15, 0.2) is 4.96 Å². The standard InChI is InChI=1S/C23H22N6O2S/c30-21(28-11-8-17(9-12-28)26-20-7-4-10-25-27-20)19-14-24-23-29(22(19)31)15-18(32-23)13-16-5-2-1-3-6-16/h1-7,10,14-15,17H,8-9,11-13H2,(H,26,27). The first-order chi connectivity index (χ1) is 15.7. The van der Waals surface area contributed by atoms with E-state index in [0.29, 0.717) is 18.1 Å². The highest BCUT2D eigenvalue weighted by atomic mass is 32.1. The first-order valence-corrected chi connectivity index (χ1v) is 11.4. The van der Waals surface area contributed by atoms with Crippen LogP contribution in [0.15, 0.2) is 65.8 Å². The second kappa shape index (κ2) is 8.88. The van der Waals surface area contributed by atoms with Gasteiger partial charge < -0.3 is 10.2 Å². The molecule has 0 aliphatic carbocycles. The van der Waals surface area contributed by atoms with Gasteiger partial charge in [-0.15, -0.1) is 16.4 Å². The van der Waals surface area contributed by atoms with E-state index >= 15 is 0 Å². The average Bonchev–Trinajstić information content (AvgIpc) is 3.24. The van der Waals surface area contributed by atoms with E-state index in [-0.39, 0.29) is 23.1 Å². The van der Waals surface area contributed by atoms with Gasteiger partial charge in [0.1, 0.15) is 11.4 Å². The predicted molar refractivity (Wildman–Crippen MR) is 123 cm³/mol. The maximum Gasteiger partial charge on any atom is 0.271 e. The van der Waals surface area contributed by atoms with Crippen LogP contribution in [0.25, 0.3) is 4.96 Å². The fourth-order valence-electron chi connectivity index (χ4n) is 3.94. The third-order valence-electron chi connectivity index (χ3n) is 5.61. The van der Waals surface area contributed by atoms with Crippen molar-refractivity contribution in [3.05, 3.63) is 87.4 Å². The lowest BCUT2D eigenvalue weighted by molar-refractivity contribution is 0.0716. The molecular formula is C23H22N6O2S. The number of fused-ring (bicyclic) bond motifs is 1. The van der Waals surface area contributed by atoms with Gasteiger partial charge in [-0.3, -0.25) is 14.0 Å². The molecule has 0 spiro atoms. The Labute approximate surface area is 188 Å². The Hall–Kier alpha value is -3.59. The molecule has 0 radical (unpaired) electrons. The highest BCUT2D eigenvalue weighted by Gasteiger charge is 2.26. The van der Waals surface area contributed by atoms with Crippen molar-refractivity contribution in [2.24, 2.45) is 0 Å². The summed E-state index contributed by atoms with van der Waals surface area (Å²) in [6.45, 7) is 1.14. The molecule has 1 fully saturated rings. The molecule has 0 saturated carbocycles. The number of thiazole rings is 1. The van der Waals surface area contributed by atoms with Crippen LogP contribution in [-0.4, -0.2) is 49.5 Å². The summed E-state index contributed by atoms with van der Waals surface area (Å²) in [5.41, 5.74) is 0.976. The van der Waals surface area contributed by atoms with Crippen molar-refractivity contribution < 1.29 is 4.79 Å². The molecule has 0 bridgehead atoms. The lowest BCUT2D eigenvalue weighted by Crippen LogP contribution is -2.44. The van der Waals surface area contributed by atoms with E-state index < -0.39 is 0 Å². The topological polar surface area (TPSA) is 92.5 Å². The summed E-state index contributed by atoms with van der Waals surface area (Å²) in [6, 6.07) is 14.0. The molecule has 4 heterocycles. The first kappa shape index (κ1) is 20.3. The zero-order valence-electron chi connectivity index (χ0n) is 17.3. The lowest BCUT2D eigenvalue weighted by Gasteiger charge is -2.32. The van der Waals surface area contributed by atoms with Gasteiger partial charge in [0.05, 0.1) is 0 Å². The second-order valence-electron chi connectivity index (χ2n) is 7.81. The van der Waals surface area contributed by atoms with E-state index in [1.807, 2.05) is 30.3 Å². The molecule has 1 saturated heterocycles. The summed E-state index contributed by atoms with van der Waals surface area (Å²) in [6.07, 6.45) is 7.14. The van der Waals surface area contributed by atoms with E-state index in [9.17, 15) is 9.59 Å². The van der Waals surface area contributed by atoms with Crippen LogP contribution in [0.4, 0.5) is 5.82 Å². The second-order valence-corrected chi connectivity index (χ2v) is 8.90. The molecule has 5 rings (SSSR count). The van der Waals surface area contributed by atoms with Gasteiger partial charge in [-0.05, 0) is 30.5 Å². The number of piperidine rings is 1. The highest BCUT2D eigenvalue weighted by Crippen LogP contribution is 2.20. The molecule has 1 aliphatic rings. The Kier molecular flexibility index (Phi) is 5.64. The van der Waals surface area contributed by atoms with E-state index in [0.717, 1.165) is 30.0 Å². The van der Waals surface area contributed by atoms with Crippen LogP contribution in [-0.2, 0) is 6.42 Å². The molecular weight excluding hydrogens is 424 g/mol. The number of amides is 1. The van der Waals surface area contributed by atoms with Crippen LogP contribution in [0, 0.1) is 0 Å². The fourth-order valence-corrected chi connectivity index (χ4v) is 4.91. The number of carbonyl (C=O) groups excluding carboxylic acids is 1. The molecule has 3 aromatic heterocycles. The van der Waals surface area contributed by atoms with Gasteiger partial charge in [-0.25, -0.2) is 4.98 Å². The molecule has 4 aromatic rings. The number of aromatic nitrogens is 4. The molecule has 8 nitrogen and oxygen atoms in total. The number of hydrogen-bond donors (Lipinski definition) is 1. The summed E-state index contributed by atoms with van der Waals surface area (Å²) >= 11 is 1.47. The molecule has 1 N–H and O–H groups in total. The number of likely N-dealkylation sites (tertiary alicyclic amines) is 1. The maximum atomic E-state index is 13.1. The number of benzene rings is 1. The molecule has 1 amide bonds. The van der Waals surface area contributed by atoms with Crippen LogP contribution in [0.1, 0.15) is 33.6 Å². The van der Waals surface area contributed by atoms with Gasteiger partial charge >= 0.3 is 0 Å². The maximum absolute atomic E-state index is 13.1. The molecule has 162 valence electrons. The average molecular weight is 447 g/mol. The quantitative estimate of drug-likeness (QED) is 0.507. The van der Waals surface area contributed by atoms with Crippen molar-refractivity contribution in [2.75, 3.05) is 18.4 Å². The van der Waals surface area contributed by atoms with Crippen molar-refractivity contribution >= 4 is 28.0 Å². The van der Waals surface area contributed by atoms with E-state index in [4.69, 9.17) is 0 Å². The summed E-state index contributed by atoms with van der Waals surface area (Å²) in [5.74, 6) is 0.472. The highest BCUT2D eigenvalue weighted by molar-refractivity contribution is 7.17. The van der Waals surface area contributed by atoms with Crippen molar-refractivity contribution in [3.63, 3.8) is 0 Å². The lowest BCUT2D eigenvalue weighted by atomic mass is 10.0. The minimum Gasteiger partial charge on any atom is -0.366 e. The Bertz CT molecular complexity index is 1280. The van der Waals surface area contributed by atoms with E-state index in [2.05, 4.69) is 32.6 Å². The number of rotatable bonds is 5. The van der Waals surface area contributed by atoms with Crippen molar-refractivity contribution in [1.29, 1.82) is 0 Å². The van der Waals surface area contributed by atoms with Crippen molar-refractivity contribution in [3.8, 4) is 0 Å². The Morgan fingerprint density at radius 2 is 1.94 bits per heavy atom. The summed E-state index contributed by atoms with van der Waals surface area (Å²) in [7, 11) is 0. The molecule has 9 heteroatoms. The number of nitrogens with one attached hydrogen (secondary N) is 1. The van der Waals surface area contributed by atoms with Crippen LogP contribution in [0.3, 0.4) is 0 Å². The van der Waals surface area contributed by atoms with E-state index in [1.54, 1.807) is 17.3 Å². The van der Waals surface area contributed by atoms with Crippen LogP contribution in [0.2, 0.25) is 0 Å². The minimum atomic E-state index is -0.310. The van der Waals surface area contributed by atoms with Crippen LogP contribution < -0.4 is 10.9 Å². The zero-order valence-corrected chi connectivity index (χ0v) is 18.2. The van der Waals surface area contributed by atoms with Crippen molar-refractivity contribution in [2.45, 2.75) is 25.3 Å². The monoisotopic (exact) mass is 446 g/mol. The predicted octanol–water partition coefficient (Wildman–Crippen LogP) is 2.85. The Morgan fingerprint density at radius 3 is 2.69 bits per heavy atom. The summed E-state index contributed by atoms with van der Waals surface area (Å²) < 4.78 is 1.50. The Balaban J connectivity index is 1.28. The minimum absolute atomic E-state index is 0.117. The van der Waals surface area contributed by atoms with Gasteiger partial charge in [-0.2, -0.15) is 5.10 Å².